The quantitative estimate of drug-likeness (QED) is 0.323. The molecule has 4 rings (SSSR count). The number of nitrogens with two attached hydrogens (primary N) is 1. The number of anilines is 1. The summed E-state index contributed by atoms with van der Waals surface area (Å²) in [6.45, 7) is 0.782. The lowest BCUT2D eigenvalue weighted by Gasteiger charge is -2.14. The van der Waals surface area contributed by atoms with Crippen LogP contribution in [0.2, 0.25) is 0 Å². The Balaban J connectivity index is 1.32. The number of rotatable bonds is 9. The molecular formula is C26H26N4O5. The van der Waals surface area contributed by atoms with Crippen LogP contribution in [-0.2, 0) is 11.3 Å². The molecule has 1 heterocycles. The van der Waals surface area contributed by atoms with E-state index in [2.05, 4.69) is 5.32 Å². The first-order valence-corrected chi connectivity index (χ1v) is 11.0. The van der Waals surface area contributed by atoms with Crippen LogP contribution in [0.15, 0.2) is 72.8 Å². The second-order valence-electron chi connectivity index (χ2n) is 7.95. The maximum atomic E-state index is 12.6. The van der Waals surface area contributed by atoms with Crippen LogP contribution in [-0.4, -0.2) is 44.2 Å². The summed E-state index contributed by atoms with van der Waals surface area (Å²) in [5.74, 6) is 0.908. The number of nitrogens with one attached hydrogen (secondary N) is 2. The van der Waals surface area contributed by atoms with E-state index in [1.807, 2.05) is 24.3 Å². The Morgan fingerprint density at radius 2 is 1.83 bits per heavy atom. The minimum absolute atomic E-state index is 0.0771. The van der Waals surface area contributed by atoms with Gasteiger partial charge in [-0.05, 0) is 48.0 Å². The van der Waals surface area contributed by atoms with E-state index in [1.165, 1.54) is 4.90 Å². The van der Waals surface area contributed by atoms with Gasteiger partial charge in [-0.15, -0.1) is 0 Å². The number of amides is 2. The summed E-state index contributed by atoms with van der Waals surface area (Å²) in [7, 11) is 1.60. The van der Waals surface area contributed by atoms with E-state index in [9.17, 15) is 9.59 Å². The molecule has 3 aromatic carbocycles. The van der Waals surface area contributed by atoms with Crippen LogP contribution in [0.5, 0.6) is 11.5 Å². The van der Waals surface area contributed by atoms with Crippen molar-refractivity contribution in [2.75, 3.05) is 25.2 Å². The van der Waals surface area contributed by atoms with Crippen molar-refractivity contribution in [3.63, 3.8) is 0 Å². The van der Waals surface area contributed by atoms with Crippen molar-refractivity contribution >= 4 is 23.5 Å². The minimum atomic E-state index is -0.495. The molecule has 0 saturated carbocycles. The first-order chi connectivity index (χ1) is 16.9. The summed E-state index contributed by atoms with van der Waals surface area (Å²) in [5.41, 5.74) is 8.04. The normalized spacial score (nSPS) is 14.8. The molecule has 1 aliphatic heterocycles. The second-order valence-corrected chi connectivity index (χ2v) is 7.95. The molecule has 0 radical (unpaired) electrons. The number of ether oxygens (including phenoxy) is 3. The van der Waals surface area contributed by atoms with E-state index >= 15 is 0 Å². The number of hydrogen-bond donors (Lipinski definition) is 3. The molecule has 2 amide bonds. The number of benzene rings is 3. The Morgan fingerprint density at radius 1 is 1.09 bits per heavy atom. The molecule has 0 aliphatic carbocycles. The third-order valence-electron chi connectivity index (χ3n) is 5.46. The summed E-state index contributed by atoms with van der Waals surface area (Å²) in [4.78, 5) is 26.4. The SMILES string of the molecule is COc1cccc(CNC(=O)c2cccc(OCC3CN(c4cccc(C(=N)N)c4)C(=O)O3)c2)c1. The third kappa shape index (κ3) is 5.89. The largest absolute Gasteiger partial charge is 0.497 e. The molecule has 0 aromatic heterocycles. The number of nitrogens with zero attached hydrogens (tertiary/aromatic N) is 1. The van der Waals surface area contributed by atoms with Gasteiger partial charge in [-0.1, -0.05) is 30.3 Å². The molecule has 9 heteroatoms. The van der Waals surface area contributed by atoms with Crippen LogP contribution < -0.4 is 25.4 Å². The summed E-state index contributed by atoms with van der Waals surface area (Å²) in [5, 5.41) is 10.5. The number of hydrogen-bond acceptors (Lipinski definition) is 6. The molecule has 0 spiro atoms. The predicted molar refractivity (Wildman–Crippen MR) is 131 cm³/mol. The van der Waals surface area contributed by atoms with Gasteiger partial charge in [0.25, 0.3) is 5.91 Å². The maximum Gasteiger partial charge on any atom is 0.414 e. The molecule has 35 heavy (non-hydrogen) atoms. The van der Waals surface area contributed by atoms with Gasteiger partial charge in [-0.2, -0.15) is 0 Å². The van der Waals surface area contributed by atoms with Crippen molar-refractivity contribution in [1.29, 1.82) is 5.41 Å². The average Bonchev–Trinajstić information content (AvgIpc) is 3.26. The standard InChI is InChI=1S/C26H26N4O5/c1-33-21-9-2-5-17(11-21)14-29-25(31)19-7-4-10-22(13-19)34-16-23-15-30(26(32)35-23)20-8-3-6-18(12-20)24(27)28/h2-13,23H,14-16H2,1H3,(H3,27,28)(H,29,31). The van der Waals surface area contributed by atoms with E-state index in [-0.39, 0.29) is 18.3 Å². The summed E-state index contributed by atoms with van der Waals surface area (Å²) < 4.78 is 16.4. The fourth-order valence-corrected chi connectivity index (χ4v) is 3.64. The smallest absolute Gasteiger partial charge is 0.414 e. The Morgan fingerprint density at radius 3 is 2.63 bits per heavy atom. The molecular weight excluding hydrogens is 448 g/mol. The van der Waals surface area contributed by atoms with Gasteiger partial charge in [0, 0.05) is 23.4 Å². The Bertz CT molecular complexity index is 1250. The molecule has 1 fully saturated rings. The molecule has 3 aromatic rings. The highest BCUT2D eigenvalue weighted by molar-refractivity contribution is 5.97. The zero-order valence-corrected chi connectivity index (χ0v) is 19.2. The van der Waals surface area contributed by atoms with Crippen molar-refractivity contribution in [1.82, 2.24) is 5.32 Å². The zero-order valence-electron chi connectivity index (χ0n) is 19.2. The van der Waals surface area contributed by atoms with Gasteiger partial charge in [0.2, 0.25) is 0 Å². The van der Waals surface area contributed by atoms with Crippen molar-refractivity contribution in [3.05, 3.63) is 89.5 Å². The Kier molecular flexibility index (Phi) is 7.15. The van der Waals surface area contributed by atoms with E-state index in [0.717, 1.165) is 11.3 Å². The average molecular weight is 475 g/mol. The molecule has 1 aliphatic rings. The molecule has 9 nitrogen and oxygen atoms in total. The Labute approximate surface area is 202 Å². The highest BCUT2D eigenvalue weighted by Gasteiger charge is 2.33. The molecule has 180 valence electrons. The number of methoxy groups -OCH3 is 1. The van der Waals surface area contributed by atoms with E-state index in [0.29, 0.717) is 35.7 Å². The molecule has 0 bridgehead atoms. The minimum Gasteiger partial charge on any atom is -0.497 e. The van der Waals surface area contributed by atoms with Crippen LogP contribution >= 0.6 is 0 Å². The van der Waals surface area contributed by atoms with Gasteiger partial charge < -0.3 is 25.3 Å². The molecule has 1 saturated heterocycles. The van der Waals surface area contributed by atoms with Crippen LogP contribution in [0.1, 0.15) is 21.5 Å². The second kappa shape index (κ2) is 10.6. The first kappa shape index (κ1) is 23.6. The van der Waals surface area contributed by atoms with Crippen molar-refractivity contribution < 1.29 is 23.8 Å². The Hall–Kier alpha value is -4.53. The zero-order chi connectivity index (χ0) is 24.8. The fourth-order valence-electron chi connectivity index (χ4n) is 3.64. The summed E-state index contributed by atoms with van der Waals surface area (Å²) in [6.07, 6.45) is -0.987. The fraction of sp³-hybridized carbons (Fsp3) is 0.192. The molecule has 1 atom stereocenters. The van der Waals surface area contributed by atoms with Gasteiger partial charge in [0.1, 0.15) is 23.9 Å². The number of carbonyl (C=O) groups excluding carboxylic acids is 2. The van der Waals surface area contributed by atoms with E-state index < -0.39 is 12.2 Å². The summed E-state index contributed by atoms with van der Waals surface area (Å²) in [6, 6.07) is 21.2. The van der Waals surface area contributed by atoms with Gasteiger partial charge in [-0.3, -0.25) is 15.1 Å². The lowest BCUT2D eigenvalue weighted by molar-refractivity contribution is 0.0949. The van der Waals surface area contributed by atoms with Crippen LogP contribution in [0.25, 0.3) is 0 Å². The van der Waals surface area contributed by atoms with Crippen molar-refractivity contribution in [3.8, 4) is 11.5 Å². The lowest BCUT2D eigenvalue weighted by Crippen LogP contribution is -2.27. The number of cyclic esters (lactones) is 1. The number of carbonyl (C=O) groups is 2. The van der Waals surface area contributed by atoms with Gasteiger partial charge >= 0.3 is 6.09 Å². The number of nitrogen functional groups attached to an aromatic ring is 1. The molecule has 1 unspecified atom stereocenters. The van der Waals surface area contributed by atoms with Crippen molar-refractivity contribution in [2.24, 2.45) is 5.73 Å². The predicted octanol–water partition coefficient (Wildman–Crippen LogP) is 3.31. The van der Waals surface area contributed by atoms with E-state index in [1.54, 1.807) is 55.6 Å². The number of amidine groups is 1. The van der Waals surface area contributed by atoms with E-state index in [4.69, 9.17) is 25.4 Å². The van der Waals surface area contributed by atoms with Gasteiger partial charge in [-0.25, -0.2) is 4.79 Å². The van der Waals surface area contributed by atoms with Gasteiger partial charge in [0.15, 0.2) is 6.10 Å². The summed E-state index contributed by atoms with van der Waals surface area (Å²) >= 11 is 0. The van der Waals surface area contributed by atoms with Crippen LogP contribution in [0, 0.1) is 5.41 Å². The first-order valence-electron chi connectivity index (χ1n) is 11.0. The van der Waals surface area contributed by atoms with Crippen molar-refractivity contribution in [2.45, 2.75) is 12.6 Å². The highest BCUT2D eigenvalue weighted by Crippen LogP contribution is 2.23. The third-order valence-corrected chi connectivity index (χ3v) is 5.46. The van der Waals surface area contributed by atoms with Gasteiger partial charge in [0.05, 0.1) is 13.7 Å². The molecule has 4 N–H and O–H groups in total. The maximum absolute atomic E-state index is 12.6. The lowest BCUT2D eigenvalue weighted by atomic mass is 10.1. The monoisotopic (exact) mass is 474 g/mol. The van der Waals surface area contributed by atoms with Crippen LogP contribution in [0.3, 0.4) is 0 Å². The topological polar surface area (TPSA) is 127 Å². The highest BCUT2D eigenvalue weighted by atomic mass is 16.6. The van der Waals surface area contributed by atoms with Crippen LogP contribution in [0.4, 0.5) is 10.5 Å².